The first-order valence-electron chi connectivity index (χ1n) is 4.19. The minimum atomic E-state index is -0.979. The minimum absolute atomic E-state index is 0.174. The molecule has 0 bridgehead atoms. The minimum Gasteiger partial charge on any atom is -0.478 e. The lowest BCUT2D eigenvalue weighted by Gasteiger charge is -2.07. The van der Waals surface area contributed by atoms with Crippen LogP contribution < -0.4 is 0 Å². The zero-order valence-corrected chi connectivity index (χ0v) is 9.58. The Morgan fingerprint density at radius 2 is 2.21 bits per heavy atom. The van der Waals surface area contributed by atoms with Gasteiger partial charge >= 0.3 is 5.97 Å². The third kappa shape index (κ3) is 2.22. The molecule has 76 valence electrons. The fourth-order valence-corrected chi connectivity index (χ4v) is 2.19. The van der Waals surface area contributed by atoms with E-state index < -0.39 is 5.97 Å². The van der Waals surface area contributed by atoms with Gasteiger partial charge in [-0.1, -0.05) is 18.5 Å². The molecule has 0 aromatic heterocycles. The highest BCUT2D eigenvalue weighted by Gasteiger charge is 2.12. The normalized spacial score (nSPS) is 10.2. The molecule has 2 nitrogen and oxygen atoms in total. The highest BCUT2D eigenvalue weighted by Crippen LogP contribution is 2.28. The third-order valence-electron chi connectivity index (χ3n) is 1.98. The molecule has 1 rings (SSSR count). The first kappa shape index (κ1) is 11.4. The molecule has 0 radical (unpaired) electrons. The van der Waals surface area contributed by atoms with Crippen molar-refractivity contribution in [1.29, 1.82) is 0 Å². The smallest absolute Gasteiger partial charge is 0.337 e. The standard InChI is InChI=1S/C10H11ClO2S/c1-3-6-4-8(11)7(10(12)13)5-9(6)14-2/h4-5H,3H2,1-2H3,(H,12,13). The molecule has 1 N–H and O–H groups in total. The maximum atomic E-state index is 10.8. The summed E-state index contributed by atoms with van der Waals surface area (Å²) in [7, 11) is 0. The first-order chi connectivity index (χ1) is 6.60. The number of thioether (sulfide) groups is 1. The van der Waals surface area contributed by atoms with E-state index in [1.807, 2.05) is 13.2 Å². The van der Waals surface area contributed by atoms with Crippen molar-refractivity contribution in [3.05, 3.63) is 28.3 Å². The average Bonchev–Trinajstić information content (AvgIpc) is 2.16. The fraction of sp³-hybridized carbons (Fsp3) is 0.300. The number of aromatic carboxylic acids is 1. The van der Waals surface area contributed by atoms with Gasteiger partial charge in [0.05, 0.1) is 10.6 Å². The Bertz CT molecular complexity index is 363. The van der Waals surface area contributed by atoms with Gasteiger partial charge in [0, 0.05) is 4.90 Å². The van der Waals surface area contributed by atoms with Crippen molar-refractivity contribution in [3.63, 3.8) is 0 Å². The van der Waals surface area contributed by atoms with Gasteiger partial charge in [0.15, 0.2) is 0 Å². The van der Waals surface area contributed by atoms with Crippen molar-refractivity contribution >= 4 is 29.3 Å². The fourth-order valence-electron chi connectivity index (χ4n) is 1.22. The molecule has 0 amide bonds. The van der Waals surface area contributed by atoms with E-state index in [4.69, 9.17) is 16.7 Å². The van der Waals surface area contributed by atoms with Crippen LogP contribution in [0.15, 0.2) is 17.0 Å². The van der Waals surface area contributed by atoms with E-state index in [0.717, 1.165) is 16.9 Å². The Morgan fingerprint density at radius 3 is 2.64 bits per heavy atom. The van der Waals surface area contributed by atoms with Crippen LogP contribution in [-0.2, 0) is 6.42 Å². The summed E-state index contributed by atoms with van der Waals surface area (Å²) in [6, 6.07) is 3.37. The number of hydrogen-bond acceptors (Lipinski definition) is 2. The van der Waals surface area contributed by atoms with Crippen molar-refractivity contribution in [2.24, 2.45) is 0 Å². The third-order valence-corrected chi connectivity index (χ3v) is 3.11. The number of carbonyl (C=O) groups is 1. The second-order valence-corrected chi connectivity index (χ2v) is 4.06. The summed E-state index contributed by atoms with van der Waals surface area (Å²) in [6.07, 6.45) is 2.78. The number of rotatable bonds is 3. The van der Waals surface area contributed by atoms with Gasteiger partial charge in [-0.15, -0.1) is 11.8 Å². The summed E-state index contributed by atoms with van der Waals surface area (Å²) >= 11 is 7.38. The lowest BCUT2D eigenvalue weighted by Crippen LogP contribution is -1.99. The molecule has 0 aliphatic carbocycles. The van der Waals surface area contributed by atoms with Gasteiger partial charge < -0.3 is 5.11 Å². The zero-order valence-electron chi connectivity index (χ0n) is 8.00. The molecule has 1 aromatic rings. The first-order valence-corrected chi connectivity index (χ1v) is 5.80. The molecule has 4 heteroatoms. The monoisotopic (exact) mass is 230 g/mol. The SMILES string of the molecule is CCc1cc(Cl)c(C(=O)O)cc1SC. The Labute approximate surface area is 92.3 Å². The van der Waals surface area contributed by atoms with Crippen molar-refractivity contribution < 1.29 is 9.90 Å². The summed E-state index contributed by atoms with van der Waals surface area (Å²) in [6.45, 7) is 2.02. The van der Waals surface area contributed by atoms with Crippen molar-refractivity contribution in [2.45, 2.75) is 18.2 Å². The van der Waals surface area contributed by atoms with Crippen LogP contribution in [-0.4, -0.2) is 17.3 Å². The van der Waals surface area contributed by atoms with Crippen LogP contribution in [0.25, 0.3) is 0 Å². The van der Waals surface area contributed by atoms with Crippen LogP contribution in [0.2, 0.25) is 5.02 Å². The molecular formula is C10H11ClO2S. The highest BCUT2D eigenvalue weighted by molar-refractivity contribution is 7.98. The zero-order chi connectivity index (χ0) is 10.7. The van der Waals surface area contributed by atoms with Gasteiger partial charge in [0.1, 0.15) is 0 Å². The molecule has 0 spiro atoms. The predicted octanol–water partition coefficient (Wildman–Crippen LogP) is 3.32. The molecule has 1 aromatic carbocycles. The van der Waals surface area contributed by atoms with E-state index in [0.29, 0.717) is 5.02 Å². The van der Waals surface area contributed by atoms with Crippen molar-refractivity contribution in [3.8, 4) is 0 Å². The largest absolute Gasteiger partial charge is 0.478 e. The van der Waals surface area contributed by atoms with Crippen LogP contribution in [0.3, 0.4) is 0 Å². The molecule has 0 unspecified atom stereocenters. The number of benzene rings is 1. The van der Waals surface area contributed by atoms with Gasteiger partial charge in [0.2, 0.25) is 0 Å². The molecule has 0 heterocycles. The molecular weight excluding hydrogens is 220 g/mol. The highest BCUT2D eigenvalue weighted by atomic mass is 35.5. The molecule has 0 aliphatic rings. The second-order valence-electron chi connectivity index (χ2n) is 2.80. The number of halogens is 1. The van der Waals surface area contributed by atoms with E-state index in [-0.39, 0.29) is 5.56 Å². The van der Waals surface area contributed by atoms with Gasteiger partial charge in [0.25, 0.3) is 0 Å². The van der Waals surface area contributed by atoms with Crippen LogP contribution >= 0.6 is 23.4 Å². The lowest BCUT2D eigenvalue weighted by molar-refractivity contribution is 0.0697. The summed E-state index contributed by atoms with van der Waals surface area (Å²) in [5, 5.41) is 9.17. The molecule has 0 saturated carbocycles. The predicted molar refractivity (Wildman–Crippen MR) is 59.6 cm³/mol. The molecule has 0 saturated heterocycles. The molecule has 0 fully saturated rings. The van der Waals surface area contributed by atoms with Crippen LogP contribution in [0, 0.1) is 0 Å². The number of hydrogen-bond donors (Lipinski definition) is 1. The summed E-state index contributed by atoms with van der Waals surface area (Å²) in [5.74, 6) is -0.979. The summed E-state index contributed by atoms with van der Waals surface area (Å²) < 4.78 is 0. The lowest BCUT2D eigenvalue weighted by atomic mass is 10.1. The van der Waals surface area contributed by atoms with Gasteiger partial charge in [-0.05, 0) is 30.4 Å². The van der Waals surface area contributed by atoms with Gasteiger partial charge in [-0.3, -0.25) is 0 Å². The molecule has 0 atom stereocenters. The van der Waals surface area contributed by atoms with Crippen molar-refractivity contribution in [2.75, 3.05) is 6.26 Å². The molecule has 0 aliphatic heterocycles. The Morgan fingerprint density at radius 1 is 1.57 bits per heavy atom. The van der Waals surface area contributed by atoms with E-state index in [9.17, 15) is 4.79 Å². The number of carboxylic acids is 1. The Balaban J connectivity index is 3.30. The summed E-state index contributed by atoms with van der Waals surface area (Å²) in [4.78, 5) is 11.8. The van der Waals surface area contributed by atoms with Crippen LogP contribution in [0.5, 0.6) is 0 Å². The van der Waals surface area contributed by atoms with E-state index in [2.05, 4.69) is 0 Å². The van der Waals surface area contributed by atoms with Gasteiger partial charge in [-0.25, -0.2) is 4.79 Å². The maximum absolute atomic E-state index is 10.8. The van der Waals surface area contributed by atoms with E-state index >= 15 is 0 Å². The van der Waals surface area contributed by atoms with Gasteiger partial charge in [-0.2, -0.15) is 0 Å². The van der Waals surface area contributed by atoms with E-state index in [1.165, 1.54) is 11.8 Å². The molecule has 14 heavy (non-hydrogen) atoms. The number of carboxylic acid groups (broad SMARTS) is 1. The topological polar surface area (TPSA) is 37.3 Å². The Hall–Kier alpha value is -0.670. The average molecular weight is 231 g/mol. The maximum Gasteiger partial charge on any atom is 0.337 e. The van der Waals surface area contributed by atoms with Crippen LogP contribution in [0.1, 0.15) is 22.8 Å². The quantitative estimate of drug-likeness (QED) is 0.810. The van der Waals surface area contributed by atoms with Crippen LogP contribution in [0.4, 0.5) is 0 Å². The summed E-state index contributed by atoms with van der Waals surface area (Å²) in [5.41, 5.74) is 1.26. The number of aryl methyl sites for hydroxylation is 1. The van der Waals surface area contributed by atoms with Crippen molar-refractivity contribution in [1.82, 2.24) is 0 Å². The van der Waals surface area contributed by atoms with E-state index in [1.54, 1.807) is 12.1 Å². The second kappa shape index (κ2) is 4.71. The Kier molecular flexibility index (Phi) is 3.84.